The van der Waals surface area contributed by atoms with E-state index in [1.165, 1.54) is 5.56 Å². The molecule has 1 N–H and O–H groups in total. The predicted molar refractivity (Wildman–Crippen MR) is 99.2 cm³/mol. The predicted octanol–water partition coefficient (Wildman–Crippen LogP) is 3.94. The Morgan fingerprint density at radius 1 is 1.16 bits per heavy atom. The van der Waals surface area contributed by atoms with Crippen LogP contribution in [0.4, 0.5) is 5.69 Å². The summed E-state index contributed by atoms with van der Waals surface area (Å²) in [5.41, 5.74) is 3.00. The van der Waals surface area contributed by atoms with Gasteiger partial charge in [0, 0.05) is 31.6 Å². The largest absolute Gasteiger partial charge is 0.338 e. The number of hydrogen-bond acceptors (Lipinski definition) is 2. The van der Waals surface area contributed by atoms with Crippen molar-refractivity contribution in [1.82, 2.24) is 4.90 Å². The number of amides is 2. The summed E-state index contributed by atoms with van der Waals surface area (Å²) in [6, 6.07) is 17.8. The summed E-state index contributed by atoms with van der Waals surface area (Å²) in [6.45, 7) is 3.50. The van der Waals surface area contributed by atoms with Gasteiger partial charge >= 0.3 is 0 Å². The summed E-state index contributed by atoms with van der Waals surface area (Å²) in [5.74, 6) is 0.392. The van der Waals surface area contributed by atoms with Gasteiger partial charge in [-0.1, -0.05) is 49.4 Å². The molecule has 1 unspecified atom stereocenters. The van der Waals surface area contributed by atoms with Gasteiger partial charge in [0.1, 0.15) is 0 Å². The topological polar surface area (TPSA) is 49.4 Å². The molecule has 4 nitrogen and oxygen atoms in total. The molecular formula is C21H24N2O2. The van der Waals surface area contributed by atoms with Crippen LogP contribution in [-0.4, -0.2) is 23.3 Å². The van der Waals surface area contributed by atoms with Gasteiger partial charge in [0.15, 0.2) is 0 Å². The number of carbonyl (C=O) groups is 2. The molecule has 0 radical (unpaired) electrons. The van der Waals surface area contributed by atoms with Crippen LogP contribution >= 0.6 is 0 Å². The van der Waals surface area contributed by atoms with E-state index in [-0.39, 0.29) is 17.7 Å². The van der Waals surface area contributed by atoms with Crippen LogP contribution in [0.5, 0.6) is 0 Å². The van der Waals surface area contributed by atoms with Crippen LogP contribution in [0.15, 0.2) is 54.6 Å². The summed E-state index contributed by atoms with van der Waals surface area (Å²) in [5, 5.41) is 2.98. The minimum atomic E-state index is 0.00533. The van der Waals surface area contributed by atoms with Crippen LogP contribution in [0.1, 0.15) is 43.2 Å². The van der Waals surface area contributed by atoms with Crippen LogP contribution in [-0.2, 0) is 16.1 Å². The third kappa shape index (κ3) is 4.69. The first-order valence-electron chi connectivity index (χ1n) is 8.83. The molecule has 1 aliphatic heterocycles. The first kappa shape index (κ1) is 17.2. The molecule has 2 amide bonds. The fourth-order valence-corrected chi connectivity index (χ4v) is 3.23. The Kier molecular flexibility index (Phi) is 5.49. The zero-order chi connectivity index (χ0) is 17.6. The zero-order valence-corrected chi connectivity index (χ0v) is 14.6. The van der Waals surface area contributed by atoms with Crippen molar-refractivity contribution >= 4 is 17.5 Å². The van der Waals surface area contributed by atoms with Gasteiger partial charge in [-0.3, -0.25) is 9.59 Å². The van der Waals surface area contributed by atoms with E-state index in [0.29, 0.717) is 19.4 Å². The van der Waals surface area contributed by atoms with Crippen LogP contribution < -0.4 is 5.32 Å². The highest BCUT2D eigenvalue weighted by molar-refractivity contribution is 5.91. The van der Waals surface area contributed by atoms with Crippen molar-refractivity contribution in [2.24, 2.45) is 0 Å². The number of hydrogen-bond donors (Lipinski definition) is 1. The molecule has 130 valence electrons. The molecule has 3 rings (SSSR count). The summed E-state index contributed by atoms with van der Waals surface area (Å²) in [6.07, 6.45) is 2.03. The second kappa shape index (κ2) is 7.97. The summed E-state index contributed by atoms with van der Waals surface area (Å²) in [4.78, 5) is 26.0. The zero-order valence-electron chi connectivity index (χ0n) is 14.6. The van der Waals surface area contributed by atoms with Gasteiger partial charge in [0.25, 0.3) is 0 Å². The SMILES string of the molecule is CC(CC(=O)Nc1cccc(CN2CCCC2=O)c1)c1ccccc1. The van der Waals surface area contributed by atoms with Crippen LogP contribution in [0.2, 0.25) is 0 Å². The number of rotatable bonds is 6. The number of benzene rings is 2. The molecule has 1 fully saturated rings. The van der Waals surface area contributed by atoms with Gasteiger partial charge in [0.05, 0.1) is 0 Å². The first-order valence-corrected chi connectivity index (χ1v) is 8.83. The summed E-state index contributed by atoms with van der Waals surface area (Å²) < 4.78 is 0. The van der Waals surface area contributed by atoms with Crippen LogP contribution in [0.25, 0.3) is 0 Å². The summed E-state index contributed by atoms with van der Waals surface area (Å²) >= 11 is 0. The Morgan fingerprint density at radius 3 is 2.68 bits per heavy atom. The Bertz CT molecular complexity index is 743. The number of nitrogens with one attached hydrogen (secondary N) is 1. The van der Waals surface area contributed by atoms with E-state index in [4.69, 9.17) is 0 Å². The van der Waals surface area contributed by atoms with Crippen molar-refractivity contribution in [3.8, 4) is 0 Å². The maximum atomic E-state index is 12.3. The lowest BCUT2D eigenvalue weighted by Gasteiger charge is -2.16. The number of nitrogens with zero attached hydrogens (tertiary/aromatic N) is 1. The van der Waals surface area contributed by atoms with Gasteiger partial charge in [-0.05, 0) is 35.6 Å². The highest BCUT2D eigenvalue weighted by Gasteiger charge is 2.20. The maximum absolute atomic E-state index is 12.3. The monoisotopic (exact) mass is 336 g/mol. The van der Waals surface area contributed by atoms with E-state index in [1.807, 2.05) is 59.5 Å². The van der Waals surface area contributed by atoms with E-state index < -0.39 is 0 Å². The van der Waals surface area contributed by atoms with Gasteiger partial charge in [-0.25, -0.2) is 0 Å². The van der Waals surface area contributed by atoms with E-state index in [9.17, 15) is 9.59 Å². The molecule has 2 aromatic carbocycles. The second-order valence-electron chi connectivity index (χ2n) is 6.68. The van der Waals surface area contributed by atoms with Crippen molar-refractivity contribution in [2.75, 3.05) is 11.9 Å². The lowest BCUT2D eigenvalue weighted by molar-refractivity contribution is -0.128. The second-order valence-corrected chi connectivity index (χ2v) is 6.68. The smallest absolute Gasteiger partial charge is 0.224 e. The Labute approximate surface area is 148 Å². The fraction of sp³-hybridized carbons (Fsp3) is 0.333. The maximum Gasteiger partial charge on any atom is 0.224 e. The molecule has 25 heavy (non-hydrogen) atoms. The number of likely N-dealkylation sites (tertiary alicyclic amines) is 1. The third-order valence-electron chi connectivity index (χ3n) is 4.62. The average Bonchev–Trinajstić information content (AvgIpc) is 3.00. The molecule has 2 aromatic rings. The minimum Gasteiger partial charge on any atom is -0.338 e. The van der Waals surface area contributed by atoms with Gasteiger partial charge in [-0.15, -0.1) is 0 Å². The van der Waals surface area contributed by atoms with E-state index in [2.05, 4.69) is 12.2 Å². The quantitative estimate of drug-likeness (QED) is 0.868. The molecular weight excluding hydrogens is 312 g/mol. The van der Waals surface area contributed by atoms with Gasteiger partial charge in [0.2, 0.25) is 11.8 Å². The average molecular weight is 336 g/mol. The van der Waals surface area contributed by atoms with E-state index in [0.717, 1.165) is 24.2 Å². The molecule has 1 atom stereocenters. The fourth-order valence-electron chi connectivity index (χ4n) is 3.23. The van der Waals surface area contributed by atoms with Gasteiger partial charge in [-0.2, -0.15) is 0 Å². The molecule has 1 aliphatic rings. The van der Waals surface area contributed by atoms with Crippen molar-refractivity contribution in [1.29, 1.82) is 0 Å². The lowest BCUT2D eigenvalue weighted by atomic mass is 9.97. The standard InChI is InChI=1S/C21H24N2O2/c1-16(18-8-3-2-4-9-18)13-20(24)22-19-10-5-7-17(14-19)15-23-12-6-11-21(23)25/h2-5,7-10,14,16H,6,11-13,15H2,1H3,(H,22,24). The molecule has 0 bridgehead atoms. The van der Waals surface area contributed by atoms with E-state index >= 15 is 0 Å². The molecule has 0 saturated carbocycles. The van der Waals surface area contributed by atoms with E-state index in [1.54, 1.807) is 0 Å². The molecule has 1 saturated heterocycles. The Balaban J connectivity index is 1.58. The highest BCUT2D eigenvalue weighted by Crippen LogP contribution is 2.21. The molecule has 1 heterocycles. The van der Waals surface area contributed by atoms with Crippen LogP contribution in [0.3, 0.4) is 0 Å². The molecule has 4 heteroatoms. The lowest BCUT2D eigenvalue weighted by Crippen LogP contribution is -2.23. The van der Waals surface area contributed by atoms with Crippen molar-refractivity contribution in [3.05, 3.63) is 65.7 Å². The normalized spacial score (nSPS) is 15.2. The molecule has 0 aromatic heterocycles. The first-order chi connectivity index (χ1) is 12.1. The van der Waals surface area contributed by atoms with Crippen molar-refractivity contribution in [3.63, 3.8) is 0 Å². The number of anilines is 1. The third-order valence-corrected chi connectivity index (χ3v) is 4.62. The molecule has 0 spiro atoms. The summed E-state index contributed by atoms with van der Waals surface area (Å²) in [7, 11) is 0. The van der Waals surface area contributed by atoms with Crippen molar-refractivity contribution < 1.29 is 9.59 Å². The number of carbonyl (C=O) groups excluding carboxylic acids is 2. The van der Waals surface area contributed by atoms with Crippen LogP contribution in [0, 0.1) is 0 Å². The Hall–Kier alpha value is -2.62. The molecule has 0 aliphatic carbocycles. The van der Waals surface area contributed by atoms with Crippen molar-refractivity contribution in [2.45, 2.75) is 38.6 Å². The minimum absolute atomic E-state index is 0.00533. The Morgan fingerprint density at radius 2 is 1.96 bits per heavy atom. The van der Waals surface area contributed by atoms with Gasteiger partial charge < -0.3 is 10.2 Å². The highest BCUT2D eigenvalue weighted by atomic mass is 16.2.